The summed E-state index contributed by atoms with van der Waals surface area (Å²) in [6.45, 7) is 1.89. The first-order valence-corrected chi connectivity index (χ1v) is 6.35. The molecule has 1 aromatic heterocycles. The second-order valence-electron chi connectivity index (χ2n) is 5.07. The fourth-order valence-electron chi connectivity index (χ4n) is 2.76. The maximum atomic E-state index is 5.94. The van der Waals surface area contributed by atoms with Crippen LogP contribution in [0.15, 0.2) is 22.6 Å². The number of nitrogens with two attached hydrogens (primary N) is 1. The van der Waals surface area contributed by atoms with Crippen LogP contribution in [-0.2, 0) is 0 Å². The van der Waals surface area contributed by atoms with E-state index in [1.165, 1.54) is 18.4 Å². The van der Waals surface area contributed by atoms with Gasteiger partial charge in [0.25, 0.3) is 0 Å². The molecule has 0 atom stereocenters. The van der Waals surface area contributed by atoms with Gasteiger partial charge in [0, 0.05) is 13.0 Å². The lowest BCUT2D eigenvalue weighted by atomic mass is 9.82. The minimum atomic E-state index is 0.405. The van der Waals surface area contributed by atoms with E-state index in [1.54, 1.807) is 0 Å². The Morgan fingerprint density at radius 1 is 1.24 bits per heavy atom. The van der Waals surface area contributed by atoms with Gasteiger partial charge in [0.1, 0.15) is 5.52 Å². The third-order valence-electron chi connectivity index (χ3n) is 3.76. The predicted octanol–water partition coefficient (Wildman–Crippen LogP) is 3.12. The van der Waals surface area contributed by atoms with Crippen LogP contribution in [0.1, 0.15) is 43.1 Å². The summed E-state index contributed by atoms with van der Waals surface area (Å²) in [6.07, 6.45) is 4.66. The molecular formula is C14H18N2O. The van der Waals surface area contributed by atoms with Crippen molar-refractivity contribution >= 4 is 11.1 Å². The first-order valence-electron chi connectivity index (χ1n) is 6.35. The molecule has 17 heavy (non-hydrogen) atoms. The van der Waals surface area contributed by atoms with Crippen molar-refractivity contribution in [1.82, 2.24) is 4.98 Å². The number of aromatic nitrogens is 1. The van der Waals surface area contributed by atoms with E-state index < -0.39 is 0 Å². The van der Waals surface area contributed by atoms with E-state index in [4.69, 9.17) is 10.2 Å². The van der Waals surface area contributed by atoms with Crippen LogP contribution < -0.4 is 5.73 Å². The molecule has 0 saturated heterocycles. The Bertz CT molecular complexity index is 524. The van der Waals surface area contributed by atoms with Crippen molar-refractivity contribution in [2.45, 2.75) is 44.6 Å². The molecule has 1 saturated carbocycles. The summed E-state index contributed by atoms with van der Waals surface area (Å²) in [6, 6.07) is 6.81. The largest absolute Gasteiger partial charge is 0.441 e. The zero-order chi connectivity index (χ0) is 11.8. The Hall–Kier alpha value is -1.35. The number of aryl methyl sites for hydroxylation is 1. The number of benzene rings is 1. The Kier molecular flexibility index (Phi) is 2.63. The highest BCUT2D eigenvalue weighted by molar-refractivity contribution is 5.73. The van der Waals surface area contributed by atoms with Crippen LogP contribution >= 0.6 is 0 Å². The molecule has 90 valence electrons. The highest BCUT2D eigenvalue weighted by Crippen LogP contribution is 2.33. The van der Waals surface area contributed by atoms with Crippen molar-refractivity contribution in [3.05, 3.63) is 29.7 Å². The van der Waals surface area contributed by atoms with Crippen LogP contribution in [0.4, 0.5) is 0 Å². The van der Waals surface area contributed by atoms with Crippen LogP contribution in [0, 0.1) is 6.92 Å². The second kappa shape index (κ2) is 4.15. The Labute approximate surface area is 101 Å². The van der Waals surface area contributed by atoms with Crippen molar-refractivity contribution in [2.24, 2.45) is 5.73 Å². The molecule has 1 fully saturated rings. The van der Waals surface area contributed by atoms with Gasteiger partial charge < -0.3 is 10.2 Å². The molecule has 2 N–H and O–H groups in total. The Morgan fingerprint density at radius 3 is 2.76 bits per heavy atom. The average Bonchev–Trinajstić information content (AvgIpc) is 2.69. The van der Waals surface area contributed by atoms with Crippen molar-refractivity contribution in [3.8, 4) is 0 Å². The van der Waals surface area contributed by atoms with E-state index >= 15 is 0 Å². The summed E-state index contributed by atoms with van der Waals surface area (Å²) in [5.74, 6) is 1.38. The van der Waals surface area contributed by atoms with Gasteiger partial charge in [-0.15, -0.1) is 0 Å². The topological polar surface area (TPSA) is 52.0 Å². The Morgan fingerprint density at radius 2 is 2.00 bits per heavy atom. The third-order valence-corrected chi connectivity index (χ3v) is 3.76. The van der Waals surface area contributed by atoms with E-state index in [0.29, 0.717) is 12.0 Å². The smallest absolute Gasteiger partial charge is 0.192 e. The molecule has 2 aromatic rings. The molecule has 0 unspecified atom stereocenters. The van der Waals surface area contributed by atoms with E-state index in [9.17, 15) is 0 Å². The molecule has 1 aliphatic carbocycles. The summed E-state index contributed by atoms with van der Waals surface area (Å²) in [5, 5.41) is 0. The van der Waals surface area contributed by atoms with Crippen molar-refractivity contribution in [2.75, 3.05) is 0 Å². The second-order valence-corrected chi connectivity index (χ2v) is 5.07. The van der Waals surface area contributed by atoms with E-state index in [1.807, 2.05) is 6.92 Å². The first kappa shape index (κ1) is 10.8. The predicted molar refractivity (Wildman–Crippen MR) is 67.9 cm³/mol. The maximum Gasteiger partial charge on any atom is 0.192 e. The maximum absolute atomic E-state index is 5.94. The molecule has 1 aromatic carbocycles. The number of hydrogen-bond acceptors (Lipinski definition) is 3. The van der Waals surface area contributed by atoms with Gasteiger partial charge in [-0.25, -0.2) is 4.98 Å². The fraction of sp³-hybridized carbons (Fsp3) is 0.500. The molecule has 3 rings (SSSR count). The zero-order valence-electron chi connectivity index (χ0n) is 10.1. The summed E-state index contributed by atoms with van der Waals surface area (Å²) in [7, 11) is 0. The van der Waals surface area contributed by atoms with E-state index in [0.717, 1.165) is 29.8 Å². The molecule has 0 radical (unpaired) electrons. The van der Waals surface area contributed by atoms with Gasteiger partial charge in [-0.2, -0.15) is 0 Å². The molecule has 0 bridgehead atoms. The third kappa shape index (κ3) is 2.07. The molecule has 1 heterocycles. The number of nitrogens with zero attached hydrogens (tertiary/aromatic N) is 1. The summed E-state index contributed by atoms with van der Waals surface area (Å²) in [4.78, 5) is 4.32. The van der Waals surface area contributed by atoms with Crippen molar-refractivity contribution in [1.29, 1.82) is 0 Å². The average molecular weight is 230 g/mol. The number of oxazole rings is 1. The van der Waals surface area contributed by atoms with Gasteiger partial charge in [-0.05, 0) is 49.3 Å². The standard InChI is InChI=1S/C14H18N2O/c1-9-16-13-7-4-11(8-14(13)17-9)10-2-5-12(15)6-3-10/h4,7-8,10,12H,2-3,5-6,15H2,1H3. The van der Waals surface area contributed by atoms with Gasteiger partial charge in [0.2, 0.25) is 0 Å². The van der Waals surface area contributed by atoms with Crippen LogP contribution in [0.25, 0.3) is 11.1 Å². The number of rotatable bonds is 1. The normalized spacial score (nSPS) is 25.3. The molecule has 0 amide bonds. The lowest BCUT2D eigenvalue weighted by Gasteiger charge is -2.26. The van der Waals surface area contributed by atoms with Crippen LogP contribution in [0.3, 0.4) is 0 Å². The summed E-state index contributed by atoms with van der Waals surface area (Å²) >= 11 is 0. The SMILES string of the molecule is Cc1nc2ccc(C3CCC(N)CC3)cc2o1. The van der Waals surface area contributed by atoms with Crippen LogP contribution in [0.2, 0.25) is 0 Å². The quantitative estimate of drug-likeness (QED) is 0.818. The first-order chi connectivity index (χ1) is 8.22. The van der Waals surface area contributed by atoms with Gasteiger partial charge >= 0.3 is 0 Å². The fourth-order valence-corrected chi connectivity index (χ4v) is 2.76. The molecule has 0 aliphatic heterocycles. The highest BCUT2D eigenvalue weighted by atomic mass is 16.3. The number of fused-ring (bicyclic) bond motifs is 1. The van der Waals surface area contributed by atoms with Gasteiger partial charge in [0.15, 0.2) is 11.5 Å². The van der Waals surface area contributed by atoms with Crippen molar-refractivity contribution < 1.29 is 4.42 Å². The molecule has 3 heteroatoms. The lowest BCUT2D eigenvalue weighted by molar-refractivity contribution is 0.395. The molecular weight excluding hydrogens is 212 g/mol. The highest BCUT2D eigenvalue weighted by Gasteiger charge is 2.20. The van der Waals surface area contributed by atoms with Gasteiger partial charge in [-0.3, -0.25) is 0 Å². The van der Waals surface area contributed by atoms with Crippen LogP contribution in [0.5, 0.6) is 0 Å². The van der Waals surface area contributed by atoms with Crippen LogP contribution in [-0.4, -0.2) is 11.0 Å². The molecule has 0 spiro atoms. The Balaban J connectivity index is 1.89. The number of hydrogen-bond donors (Lipinski definition) is 1. The van der Waals surface area contributed by atoms with E-state index in [2.05, 4.69) is 23.2 Å². The minimum absolute atomic E-state index is 0.405. The van der Waals surface area contributed by atoms with E-state index in [-0.39, 0.29) is 0 Å². The summed E-state index contributed by atoms with van der Waals surface area (Å²) in [5.41, 5.74) is 9.19. The van der Waals surface area contributed by atoms with Gasteiger partial charge in [-0.1, -0.05) is 6.07 Å². The monoisotopic (exact) mass is 230 g/mol. The lowest BCUT2D eigenvalue weighted by Crippen LogP contribution is -2.25. The zero-order valence-corrected chi connectivity index (χ0v) is 10.1. The minimum Gasteiger partial charge on any atom is -0.441 e. The van der Waals surface area contributed by atoms with Crippen molar-refractivity contribution in [3.63, 3.8) is 0 Å². The van der Waals surface area contributed by atoms with Gasteiger partial charge in [0.05, 0.1) is 0 Å². The molecule has 1 aliphatic rings. The molecule has 3 nitrogen and oxygen atoms in total. The summed E-state index contributed by atoms with van der Waals surface area (Å²) < 4.78 is 5.58.